The average Bonchev–Trinajstić information content (AvgIpc) is 2.55. The molecule has 0 spiro atoms. The van der Waals surface area contributed by atoms with Crippen molar-refractivity contribution in [3.05, 3.63) is 39.9 Å². The smallest absolute Gasteiger partial charge is 0.286 e. The lowest BCUT2D eigenvalue weighted by Crippen LogP contribution is -2.26. The van der Waals surface area contributed by atoms with Crippen molar-refractivity contribution < 1.29 is 18.8 Å². The molecular formula is C17H24Cl2NO4S2+. The molecule has 5 nitrogen and oxygen atoms in total. The summed E-state index contributed by atoms with van der Waals surface area (Å²) >= 11 is 11.8. The molecule has 1 amide bonds. The highest BCUT2D eigenvalue weighted by atomic mass is 35.5. The van der Waals surface area contributed by atoms with Crippen LogP contribution in [-0.2, 0) is 23.9 Å². The van der Waals surface area contributed by atoms with Crippen LogP contribution in [0.15, 0.2) is 24.3 Å². The van der Waals surface area contributed by atoms with Crippen LogP contribution in [0.2, 0.25) is 10.0 Å². The maximum absolute atomic E-state index is 11.9. The summed E-state index contributed by atoms with van der Waals surface area (Å²) in [5, 5.41) is 11.4. The van der Waals surface area contributed by atoms with Crippen molar-refractivity contribution in [3.63, 3.8) is 0 Å². The molecule has 0 bridgehead atoms. The monoisotopic (exact) mass is 440 g/mol. The number of nitrogens with zero attached hydrogens (tertiary/aromatic N) is 1. The van der Waals surface area contributed by atoms with Gasteiger partial charge in [0.15, 0.2) is 5.75 Å². The summed E-state index contributed by atoms with van der Waals surface area (Å²) in [6.07, 6.45) is 8.48. The van der Waals surface area contributed by atoms with Gasteiger partial charge in [-0.05, 0) is 36.6 Å². The molecule has 9 heteroatoms. The second-order valence-electron chi connectivity index (χ2n) is 5.78. The number of hydrogen-bond donors (Lipinski definition) is 2. The molecule has 0 saturated heterocycles. The summed E-state index contributed by atoms with van der Waals surface area (Å²) in [6.45, 7) is 0.256. The van der Waals surface area contributed by atoms with E-state index in [0.29, 0.717) is 32.8 Å². The van der Waals surface area contributed by atoms with E-state index in [0.717, 1.165) is 36.0 Å². The first-order valence-corrected chi connectivity index (χ1v) is 12.4. The zero-order chi connectivity index (χ0) is 19.6. The highest BCUT2D eigenvalue weighted by Gasteiger charge is 2.08. The molecule has 1 rings (SSSR count). The third-order valence-corrected chi connectivity index (χ3v) is 6.71. The number of carbonyl (C=O) groups is 1. The number of carbonyl (C=O) groups excluding carboxylic acids is 1. The second kappa shape index (κ2) is 11.9. The summed E-state index contributed by atoms with van der Waals surface area (Å²) in [7, 11) is -1.63. The van der Waals surface area contributed by atoms with Crippen LogP contribution in [0.4, 0.5) is 0 Å². The van der Waals surface area contributed by atoms with Gasteiger partial charge in [0.05, 0.1) is 6.26 Å². The molecule has 0 aliphatic carbocycles. The zero-order valence-corrected chi connectivity index (χ0v) is 17.7. The van der Waals surface area contributed by atoms with Crippen molar-refractivity contribution in [1.82, 2.24) is 5.06 Å². The third kappa shape index (κ3) is 10.4. The molecule has 1 aromatic rings. The molecule has 0 heterocycles. The van der Waals surface area contributed by atoms with Crippen LogP contribution in [0.25, 0.3) is 6.08 Å². The minimum absolute atomic E-state index is 0.256. The first kappa shape index (κ1) is 23.3. The fraction of sp³-hybridized carbons (Fsp3) is 0.471. The summed E-state index contributed by atoms with van der Waals surface area (Å²) in [4.78, 5) is 11.9. The van der Waals surface area contributed by atoms with E-state index in [1.165, 1.54) is 18.4 Å². The van der Waals surface area contributed by atoms with E-state index in [9.17, 15) is 14.2 Å². The van der Waals surface area contributed by atoms with Crippen molar-refractivity contribution in [2.75, 3.05) is 18.6 Å². The molecule has 0 radical (unpaired) electrons. The molecule has 0 aliphatic heterocycles. The van der Waals surface area contributed by atoms with E-state index in [1.54, 1.807) is 18.2 Å². The largest absolute Gasteiger partial charge is 0.293 e. The lowest BCUT2D eigenvalue weighted by molar-refractivity contribution is -0.159. The average molecular weight is 441 g/mol. The number of hydrogen-bond acceptors (Lipinski definition) is 3. The molecule has 1 aromatic carbocycles. The van der Waals surface area contributed by atoms with Crippen molar-refractivity contribution in [1.29, 1.82) is 0 Å². The van der Waals surface area contributed by atoms with Gasteiger partial charge in [-0.1, -0.05) is 42.1 Å². The molecule has 0 aliphatic rings. The van der Waals surface area contributed by atoms with E-state index >= 15 is 0 Å². The van der Waals surface area contributed by atoms with Crippen LogP contribution in [0.1, 0.15) is 37.7 Å². The molecule has 0 fully saturated rings. The fourth-order valence-corrected chi connectivity index (χ4v) is 4.49. The minimum atomic E-state index is -2.70. The molecule has 0 saturated carbocycles. The van der Waals surface area contributed by atoms with E-state index in [2.05, 4.69) is 0 Å². The summed E-state index contributed by atoms with van der Waals surface area (Å²) in [5.74, 6) is 0.155. The van der Waals surface area contributed by atoms with Gasteiger partial charge >= 0.3 is 0 Å². The number of amides is 1. The first-order chi connectivity index (χ1) is 12.2. The highest BCUT2D eigenvalue weighted by Crippen LogP contribution is 2.22. The number of rotatable bonds is 10. The topological polar surface area (TPSA) is 77.8 Å². The van der Waals surface area contributed by atoms with E-state index in [-0.39, 0.29) is 6.54 Å². The first-order valence-electron chi connectivity index (χ1n) is 8.18. The van der Waals surface area contributed by atoms with Crippen LogP contribution >= 0.6 is 23.2 Å². The van der Waals surface area contributed by atoms with E-state index in [4.69, 9.17) is 27.8 Å². The van der Waals surface area contributed by atoms with Crippen LogP contribution in [0.3, 0.4) is 0 Å². The molecule has 0 aromatic heterocycles. The van der Waals surface area contributed by atoms with Crippen molar-refractivity contribution in [2.24, 2.45) is 0 Å². The molecule has 1 unspecified atom stereocenters. The van der Waals surface area contributed by atoms with Gasteiger partial charge in [0, 0.05) is 29.1 Å². The van der Waals surface area contributed by atoms with Crippen molar-refractivity contribution in [3.8, 4) is 0 Å². The Labute approximate surface area is 168 Å². The van der Waals surface area contributed by atoms with Gasteiger partial charge in [-0.15, -0.1) is 0 Å². The summed E-state index contributed by atoms with van der Waals surface area (Å²) in [5.41, 5.74) is 0.648. The number of benzene rings is 1. The molecule has 2 N–H and O–H groups in total. The lowest BCUT2D eigenvalue weighted by atomic mass is 10.1. The molecule has 146 valence electrons. The zero-order valence-electron chi connectivity index (χ0n) is 14.6. The van der Waals surface area contributed by atoms with Crippen LogP contribution < -0.4 is 0 Å². The van der Waals surface area contributed by atoms with Gasteiger partial charge < -0.3 is 0 Å². The van der Waals surface area contributed by atoms with Crippen molar-refractivity contribution >= 4 is 54.3 Å². The van der Waals surface area contributed by atoms with Gasteiger partial charge in [-0.25, -0.2) is 5.06 Å². The molecule has 26 heavy (non-hydrogen) atoms. The Hall–Kier alpha value is -0.700. The minimum Gasteiger partial charge on any atom is -0.286 e. The fourth-order valence-electron chi connectivity index (χ4n) is 2.10. The third-order valence-electron chi connectivity index (χ3n) is 3.44. The van der Waals surface area contributed by atoms with Crippen molar-refractivity contribution in [2.45, 2.75) is 32.1 Å². The van der Waals surface area contributed by atoms with Gasteiger partial charge in [0.1, 0.15) is 0 Å². The Morgan fingerprint density at radius 2 is 1.88 bits per heavy atom. The Kier molecular flexibility index (Phi) is 10.7. The SMILES string of the molecule is CS(=O)(O)=[S+]CCCCCCCN(O)C(=O)/C=C/c1ccc(Cl)cc1Cl. The summed E-state index contributed by atoms with van der Waals surface area (Å²) in [6, 6.07) is 4.95. The van der Waals surface area contributed by atoms with Crippen LogP contribution in [0.5, 0.6) is 0 Å². The Morgan fingerprint density at radius 1 is 1.23 bits per heavy atom. The van der Waals surface area contributed by atoms with E-state index < -0.39 is 14.7 Å². The van der Waals surface area contributed by atoms with Gasteiger partial charge in [-0.2, -0.15) is 4.21 Å². The van der Waals surface area contributed by atoms with Gasteiger partial charge in [0.25, 0.3) is 25.0 Å². The number of halogens is 2. The maximum atomic E-state index is 11.9. The standard InChI is InChI=1S/C17H23Cl2NO4S2/c1-26(23,24)25-12-6-4-2-3-5-11-20(22)17(21)10-8-14-7-9-15(18)13-16(14)19/h7-10,13,22H,2-6,11-12H2,1H3/p+1/b10-8+. The Bertz CT molecular complexity index is 738. The normalized spacial score (nSPS) is 13.6. The van der Waals surface area contributed by atoms with E-state index in [1.807, 2.05) is 0 Å². The molecule has 1 atom stereocenters. The second-order valence-corrected chi connectivity index (χ2v) is 11.3. The predicted octanol–water partition coefficient (Wildman–Crippen LogP) is 4.56. The number of unbranched alkanes of at least 4 members (excludes halogenated alkanes) is 4. The van der Waals surface area contributed by atoms with Crippen LogP contribution in [0, 0.1) is 0 Å². The maximum Gasteiger partial charge on any atom is 0.293 e. The Balaban J connectivity index is 2.24. The van der Waals surface area contributed by atoms with Gasteiger partial charge in [0.2, 0.25) is 0 Å². The van der Waals surface area contributed by atoms with Crippen LogP contribution in [-0.4, -0.2) is 43.5 Å². The highest BCUT2D eigenvalue weighted by molar-refractivity contribution is 8.36. The Morgan fingerprint density at radius 3 is 2.54 bits per heavy atom. The molecular weight excluding hydrogens is 417 g/mol. The lowest BCUT2D eigenvalue weighted by Gasteiger charge is -2.12. The quantitative estimate of drug-likeness (QED) is 0.184. The summed E-state index contributed by atoms with van der Waals surface area (Å²) < 4.78 is 20.2. The van der Waals surface area contributed by atoms with Gasteiger partial charge in [-0.3, -0.25) is 14.6 Å². The predicted molar refractivity (Wildman–Crippen MR) is 111 cm³/mol. The number of hydroxylamine groups is 2.